The summed E-state index contributed by atoms with van der Waals surface area (Å²) in [6.07, 6.45) is 3.80. The smallest absolute Gasteiger partial charge is 0.475 e. The van der Waals surface area contributed by atoms with Crippen molar-refractivity contribution < 1.29 is 27.9 Å². The van der Waals surface area contributed by atoms with Crippen LogP contribution in [-0.4, -0.2) is 61.1 Å². The Hall–Kier alpha value is -2.88. The Morgan fingerprint density at radius 1 is 1.12 bits per heavy atom. The topological polar surface area (TPSA) is 78.7 Å². The highest BCUT2D eigenvalue weighted by molar-refractivity contribution is 5.79. The molecule has 1 aromatic carbocycles. The predicted molar refractivity (Wildman–Crippen MR) is 120 cm³/mol. The van der Waals surface area contributed by atoms with Gasteiger partial charge in [0, 0.05) is 44.8 Å². The number of halogens is 3. The molecule has 186 valence electrons. The van der Waals surface area contributed by atoms with Gasteiger partial charge in [0.15, 0.2) is 0 Å². The van der Waals surface area contributed by atoms with E-state index in [9.17, 15) is 18.0 Å². The van der Waals surface area contributed by atoms with Gasteiger partial charge < -0.3 is 14.6 Å². The lowest BCUT2D eigenvalue weighted by Crippen LogP contribution is -2.45. The molecule has 1 aromatic heterocycles. The van der Waals surface area contributed by atoms with E-state index in [2.05, 4.69) is 57.6 Å². The van der Waals surface area contributed by atoms with Crippen LogP contribution in [0.2, 0.25) is 0 Å². The second kappa shape index (κ2) is 10.6. The van der Waals surface area contributed by atoms with E-state index >= 15 is 0 Å². The normalized spacial score (nSPS) is 21.3. The Morgan fingerprint density at radius 3 is 2.38 bits per heavy atom. The van der Waals surface area contributed by atoms with Crippen molar-refractivity contribution in [2.75, 3.05) is 13.1 Å². The molecule has 3 heterocycles. The number of amides is 1. The van der Waals surface area contributed by atoms with E-state index in [0.29, 0.717) is 12.3 Å². The van der Waals surface area contributed by atoms with Crippen molar-refractivity contribution in [2.45, 2.75) is 63.8 Å². The monoisotopic (exact) mass is 480 g/mol. The number of benzene rings is 1. The summed E-state index contributed by atoms with van der Waals surface area (Å²) in [7, 11) is 2.06. The summed E-state index contributed by atoms with van der Waals surface area (Å²) in [6.45, 7) is 5.94. The van der Waals surface area contributed by atoms with Crippen molar-refractivity contribution in [3.63, 3.8) is 0 Å². The molecule has 1 spiro atoms. The summed E-state index contributed by atoms with van der Waals surface area (Å²) in [5, 5.41) is 7.12. The van der Waals surface area contributed by atoms with Gasteiger partial charge >= 0.3 is 12.1 Å². The summed E-state index contributed by atoms with van der Waals surface area (Å²) < 4.78 is 33.8. The number of aliphatic carboxylic acids is 1. The van der Waals surface area contributed by atoms with Crippen molar-refractivity contribution in [1.29, 1.82) is 0 Å². The minimum absolute atomic E-state index is 0.0448. The number of likely N-dealkylation sites (tertiary alicyclic amines) is 2. The van der Waals surface area contributed by atoms with Crippen LogP contribution in [0.15, 0.2) is 36.8 Å². The van der Waals surface area contributed by atoms with Crippen molar-refractivity contribution in [1.82, 2.24) is 19.4 Å². The maximum absolute atomic E-state index is 12.7. The summed E-state index contributed by atoms with van der Waals surface area (Å²) >= 11 is 0. The number of aromatic nitrogens is 2. The van der Waals surface area contributed by atoms with Gasteiger partial charge in [-0.1, -0.05) is 29.8 Å². The van der Waals surface area contributed by atoms with E-state index in [1.165, 1.54) is 16.8 Å². The highest BCUT2D eigenvalue weighted by Gasteiger charge is 2.45. The van der Waals surface area contributed by atoms with Crippen molar-refractivity contribution in [2.24, 2.45) is 7.05 Å². The summed E-state index contributed by atoms with van der Waals surface area (Å²) in [4.78, 5) is 30.6. The first-order chi connectivity index (χ1) is 16.0. The van der Waals surface area contributed by atoms with Gasteiger partial charge in [-0.05, 0) is 44.7 Å². The molecule has 0 radical (unpaired) electrons. The van der Waals surface area contributed by atoms with Gasteiger partial charge in [0.25, 0.3) is 0 Å². The Morgan fingerprint density at radius 2 is 1.79 bits per heavy atom. The third kappa shape index (κ3) is 6.37. The maximum atomic E-state index is 12.7. The van der Waals surface area contributed by atoms with E-state index in [4.69, 9.17) is 9.90 Å². The Bertz CT molecular complexity index is 990. The molecule has 34 heavy (non-hydrogen) atoms. The van der Waals surface area contributed by atoms with Gasteiger partial charge in [-0.25, -0.2) is 9.78 Å². The summed E-state index contributed by atoms with van der Waals surface area (Å²) in [5.41, 5.74) is 3.81. The minimum Gasteiger partial charge on any atom is -0.475 e. The molecule has 2 saturated heterocycles. The van der Waals surface area contributed by atoms with E-state index < -0.39 is 12.1 Å². The number of hydrogen-bond acceptors (Lipinski definition) is 4. The number of carbonyl (C=O) groups excluding carboxylic acids is 1. The molecular formula is C24H31F3N4O3. The molecule has 1 atom stereocenters. The molecule has 1 N–H and O–H groups in total. The molecule has 0 aliphatic carbocycles. The highest BCUT2D eigenvalue weighted by Crippen LogP contribution is 2.40. The molecule has 0 bridgehead atoms. The Kier molecular flexibility index (Phi) is 8.01. The van der Waals surface area contributed by atoms with Gasteiger partial charge in [0.1, 0.15) is 0 Å². The number of aryl methyl sites for hydroxylation is 2. The maximum Gasteiger partial charge on any atom is 0.490 e. The molecule has 0 saturated carbocycles. The van der Waals surface area contributed by atoms with Gasteiger partial charge in [-0.2, -0.15) is 13.2 Å². The van der Waals surface area contributed by atoms with Crippen molar-refractivity contribution >= 4 is 11.9 Å². The van der Waals surface area contributed by atoms with Crippen LogP contribution in [0.4, 0.5) is 13.2 Å². The standard InChI is InChI=1S/C22H30N4O.C2HF3O2/c1-18-4-6-19(7-5-18)15-26-21(27)8-10-22(26)9-3-12-25(13-11-22)16-20-14-23-17-24(20)2;3-2(4,5)1(6)7/h4-7,14,17H,3,8-13,15-16H2,1-2H3;(H,6,7). The number of hydrogen-bond donors (Lipinski definition) is 1. The van der Waals surface area contributed by atoms with Crippen LogP contribution < -0.4 is 0 Å². The second-order valence-electron chi connectivity index (χ2n) is 9.12. The fourth-order valence-electron chi connectivity index (χ4n) is 4.68. The number of imidazole rings is 1. The van der Waals surface area contributed by atoms with Crippen LogP contribution >= 0.6 is 0 Å². The summed E-state index contributed by atoms with van der Waals surface area (Å²) in [5.74, 6) is -2.43. The molecular weight excluding hydrogens is 449 g/mol. The fraction of sp³-hybridized carbons (Fsp3) is 0.542. The minimum atomic E-state index is -5.08. The molecule has 2 aliphatic rings. The van der Waals surface area contributed by atoms with Gasteiger partial charge in [-0.15, -0.1) is 0 Å². The van der Waals surface area contributed by atoms with Crippen LogP contribution in [0.5, 0.6) is 0 Å². The highest BCUT2D eigenvalue weighted by atomic mass is 19.4. The van der Waals surface area contributed by atoms with Gasteiger partial charge in [0.05, 0.1) is 12.0 Å². The number of rotatable bonds is 4. The number of carboxylic acid groups (broad SMARTS) is 1. The number of carbonyl (C=O) groups is 2. The predicted octanol–water partition coefficient (Wildman–Crippen LogP) is 3.91. The van der Waals surface area contributed by atoms with Crippen LogP contribution in [0.3, 0.4) is 0 Å². The average Bonchev–Trinajstić information content (AvgIpc) is 3.22. The van der Waals surface area contributed by atoms with E-state index in [-0.39, 0.29) is 5.54 Å². The fourth-order valence-corrected chi connectivity index (χ4v) is 4.68. The molecule has 10 heteroatoms. The number of alkyl halides is 3. The lowest BCUT2D eigenvalue weighted by Gasteiger charge is -2.38. The first kappa shape index (κ1) is 25.7. The van der Waals surface area contributed by atoms with Crippen LogP contribution in [0.1, 0.15) is 48.9 Å². The zero-order valence-corrected chi connectivity index (χ0v) is 19.5. The molecule has 1 amide bonds. The third-order valence-corrected chi connectivity index (χ3v) is 6.69. The zero-order valence-electron chi connectivity index (χ0n) is 19.5. The molecule has 1 unspecified atom stereocenters. The first-order valence-electron chi connectivity index (χ1n) is 11.3. The van der Waals surface area contributed by atoms with Crippen molar-refractivity contribution in [3.8, 4) is 0 Å². The van der Waals surface area contributed by atoms with E-state index in [0.717, 1.165) is 51.9 Å². The molecule has 2 aromatic rings. The zero-order chi connectivity index (χ0) is 24.9. The molecule has 4 rings (SSSR count). The van der Waals surface area contributed by atoms with Crippen LogP contribution in [-0.2, 0) is 29.7 Å². The number of carboxylic acids is 1. The number of nitrogens with zero attached hydrogens (tertiary/aromatic N) is 4. The molecule has 7 nitrogen and oxygen atoms in total. The van der Waals surface area contributed by atoms with Crippen LogP contribution in [0.25, 0.3) is 0 Å². The average molecular weight is 481 g/mol. The lowest BCUT2D eigenvalue weighted by atomic mass is 9.87. The SMILES string of the molecule is Cc1ccc(CN2C(=O)CCC23CCCN(Cc2cncn2C)CC3)cc1.O=C(O)C(F)(F)F. The molecule has 2 aliphatic heterocycles. The van der Waals surface area contributed by atoms with Gasteiger partial charge in [0.2, 0.25) is 5.91 Å². The second-order valence-corrected chi connectivity index (χ2v) is 9.12. The first-order valence-corrected chi connectivity index (χ1v) is 11.3. The molecule has 2 fully saturated rings. The van der Waals surface area contributed by atoms with Crippen LogP contribution in [0, 0.1) is 6.92 Å². The Labute approximate surface area is 197 Å². The quantitative estimate of drug-likeness (QED) is 0.718. The van der Waals surface area contributed by atoms with E-state index in [1.54, 1.807) is 0 Å². The summed E-state index contributed by atoms with van der Waals surface area (Å²) in [6, 6.07) is 8.62. The van der Waals surface area contributed by atoms with Crippen molar-refractivity contribution in [3.05, 3.63) is 53.6 Å². The van der Waals surface area contributed by atoms with E-state index in [1.807, 2.05) is 12.5 Å². The lowest BCUT2D eigenvalue weighted by molar-refractivity contribution is -0.192. The Balaban J connectivity index is 0.000000406. The third-order valence-electron chi connectivity index (χ3n) is 6.69. The largest absolute Gasteiger partial charge is 0.490 e. The van der Waals surface area contributed by atoms with Gasteiger partial charge in [-0.3, -0.25) is 9.69 Å².